The molecule has 0 radical (unpaired) electrons. The number of rotatable bonds is 8. The summed E-state index contributed by atoms with van der Waals surface area (Å²) in [7, 11) is 0. The molecule has 2 heterocycles. The highest BCUT2D eigenvalue weighted by Gasteiger charge is 2.10. The normalized spacial score (nSPS) is 11.3. The summed E-state index contributed by atoms with van der Waals surface area (Å²) in [5.74, 6) is 0.333. The number of pyridine rings is 2. The molecule has 0 fully saturated rings. The third kappa shape index (κ3) is 4.96. The standard InChI is InChI=1S/C21H25BrN4O/c1-3-9-26(10-4-2)14-15-11-17(5-6-20(15)27)25-18-7-8-23-19-12-16(22)13-24-21(18)19/h5-8,11-13,27H,3-4,9-10,14H2,1-2H3,(H,23,25). The first-order valence-electron chi connectivity index (χ1n) is 9.32. The monoisotopic (exact) mass is 428 g/mol. The predicted octanol–water partition coefficient (Wildman–Crippen LogP) is 5.46. The molecule has 5 nitrogen and oxygen atoms in total. The molecule has 142 valence electrons. The van der Waals surface area contributed by atoms with Gasteiger partial charge in [-0.25, -0.2) is 0 Å². The van der Waals surface area contributed by atoms with E-state index in [0.717, 1.165) is 64.9 Å². The summed E-state index contributed by atoms with van der Waals surface area (Å²) in [6.45, 7) is 7.16. The third-order valence-corrected chi connectivity index (χ3v) is 4.81. The van der Waals surface area contributed by atoms with Crippen LogP contribution in [0.15, 0.2) is 47.2 Å². The van der Waals surface area contributed by atoms with Crippen molar-refractivity contribution in [1.82, 2.24) is 14.9 Å². The zero-order valence-corrected chi connectivity index (χ0v) is 17.3. The van der Waals surface area contributed by atoms with Crippen LogP contribution in [0.1, 0.15) is 32.3 Å². The second-order valence-electron chi connectivity index (χ2n) is 6.62. The van der Waals surface area contributed by atoms with Crippen molar-refractivity contribution in [1.29, 1.82) is 0 Å². The molecule has 0 bridgehead atoms. The Morgan fingerprint density at radius 2 is 1.85 bits per heavy atom. The van der Waals surface area contributed by atoms with Crippen molar-refractivity contribution in [2.24, 2.45) is 0 Å². The molecular formula is C21H25BrN4O. The van der Waals surface area contributed by atoms with Crippen LogP contribution in [0.25, 0.3) is 11.0 Å². The van der Waals surface area contributed by atoms with Gasteiger partial charge in [0, 0.05) is 34.7 Å². The number of fused-ring (bicyclic) bond motifs is 1. The lowest BCUT2D eigenvalue weighted by Crippen LogP contribution is -2.24. The molecular weight excluding hydrogens is 404 g/mol. The van der Waals surface area contributed by atoms with Gasteiger partial charge in [-0.2, -0.15) is 0 Å². The van der Waals surface area contributed by atoms with Gasteiger partial charge in [-0.15, -0.1) is 0 Å². The zero-order valence-electron chi connectivity index (χ0n) is 15.7. The molecule has 2 N–H and O–H groups in total. The molecule has 3 aromatic rings. The largest absolute Gasteiger partial charge is 0.508 e. The maximum atomic E-state index is 10.3. The summed E-state index contributed by atoms with van der Waals surface area (Å²) < 4.78 is 0.901. The first-order valence-corrected chi connectivity index (χ1v) is 10.1. The number of aromatic hydroxyl groups is 1. The predicted molar refractivity (Wildman–Crippen MR) is 114 cm³/mol. The van der Waals surface area contributed by atoms with Crippen LogP contribution in [0.4, 0.5) is 11.4 Å². The second-order valence-corrected chi connectivity index (χ2v) is 7.54. The Bertz CT molecular complexity index is 910. The molecule has 2 aromatic heterocycles. The summed E-state index contributed by atoms with van der Waals surface area (Å²) in [5.41, 5.74) is 4.38. The number of phenolic OH excluding ortho intramolecular Hbond substituents is 1. The molecule has 0 saturated heterocycles. The number of halogens is 1. The highest BCUT2D eigenvalue weighted by Crippen LogP contribution is 2.28. The van der Waals surface area contributed by atoms with Gasteiger partial charge in [0.05, 0.1) is 11.2 Å². The van der Waals surface area contributed by atoms with Crippen LogP contribution in [-0.4, -0.2) is 33.1 Å². The van der Waals surface area contributed by atoms with E-state index in [1.807, 2.05) is 24.3 Å². The molecule has 0 atom stereocenters. The number of nitrogens with one attached hydrogen (secondary N) is 1. The van der Waals surface area contributed by atoms with Gasteiger partial charge in [0.2, 0.25) is 0 Å². The van der Waals surface area contributed by atoms with E-state index in [4.69, 9.17) is 0 Å². The van der Waals surface area contributed by atoms with E-state index in [2.05, 4.69) is 50.0 Å². The highest BCUT2D eigenvalue weighted by atomic mass is 79.9. The molecule has 3 rings (SSSR count). The number of nitrogens with zero attached hydrogens (tertiary/aromatic N) is 3. The first kappa shape index (κ1) is 19.6. The Hall–Kier alpha value is -2.18. The van der Waals surface area contributed by atoms with E-state index in [-0.39, 0.29) is 0 Å². The van der Waals surface area contributed by atoms with Crippen molar-refractivity contribution in [2.45, 2.75) is 33.2 Å². The van der Waals surface area contributed by atoms with Crippen LogP contribution in [-0.2, 0) is 6.54 Å². The number of aromatic nitrogens is 2. The van der Waals surface area contributed by atoms with Crippen LogP contribution < -0.4 is 5.32 Å². The lowest BCUT2D eigenvalue weighted by molar-refractivity contribution is 0.263. The fourth-order valence-electron chi connectivity index (χ4n) is 3.20. The van der Waals surface area contributed by atoms with Gasteiger partial charge in [-0.3, -0.25) is 14.9 Å². The number of hydrogen-bond donors (Lipinski definition) is 2. The Labute approximate surface area is 168 Å². The van der Waals surface area contributed by atoms with Crippen molar-refractivity contribution in [3.05, 3.63) is 52.8 Å². The van der Waals surface area contributed by atoms with Crippen LogP contribution in [0, 0.1) is 0 Å². The van der Waals surface area contributed by atoms with E-state index >= 15 is 0 Å². The summed E-state index contributed by atoms with van der Waals surface area (Å²) >= 11 is 3.43. The lowest BCUT2D eigenvalue weighted by Gasteiger charge is -2.22. The molecule has 0 aliphatic heterocycles. The van der Waals surface area contributed by atoms with E-state index in [1.165, 1.54) is 0 Å². The molecule has 0 spiro atoms. The van der Waals surface area contributed by atoms with E-state index in [0.29, 0.717) is 5.75 Å². The van der Waals surface area contributed by atoms with Gasteiger partial charge < -0.3 is 10.4 Å². The smallest absolute Gasteiger partial charge is 0.120 e. The van der Waals surface area contributed by atoms with Crippen molar-refractivity contribution in [3.63, 3.8) is 0 Å². The van der Waals surface area contributed by atoms with Gasteiger partial charge in [-0.1, -0.05) is 13.8 Å². The second kappa shape index (κ2) is 9.15. The molecule has 0 unspecified atom stereocenters. The Balaban J connectivity index is 1.86. The molecule has 0 aliphatic carbocycles. The Morgan fingerprint density at radius 1 is 1.07 bits per heavy atom. The molecule has 0 aliphatic rings. The Kier molecular flexibility index (Phi) is 6.63. The number of benzene rings is 1. The van der Waals surface area contributed by atoms with Crippen LogP contribution in [0.2, 0.25) is 0 Å². The first-order chi connectivity index (χ1) is 13.1. The van der Waals surface area contributed by atoms with Gasteiger partial charge >= 0.3 is 0 Å². The summed E-state index contributed by atoms with van der Waals surface area (Å²) in [4.78, 5) is 11.2. The number of hydrogen-bond acceptors (Lipinski definition) is 5. The Morgan fingerprint density at radius 3 is 2.59 bits per heavy atom. The van der Waals surface area contributed by atoms with Gasteiger partial charge in [0.1, 0.15) is 11.3 Å². The van der Waals surface area contributed by atoms with E-state index in [9.17, 15) is 5.11 Å². The highest BCUT2D eigenvalue weighted by molar-refractivity contribution is 9.10. The average molecular weight is 429 g/mol. The van der Waals surface area contributed by atoms with Gasteiger partial charge in [0.15, 0.2) is 0 Å². The topological polar surface area (TPSA) is 61.3 Å². The minimum absolute atomic E-state index is 0.333. The van der Waals surface area contributed by atoms with Crippen molar-refractivity contribution < 1.29 is 5.11 Å². The molecule has 0 amide bonds. The van der Waals surface area contributed by atoms with Crippen LogP contribution >= 0.6 is 15.9 Å². The van der Waals surface area contributed by atoms with Crippen LogP contribution in [0.5, 0.6) is 5.75 Å². The van der Waals surface area contributed by atoms with Crippen LogP contribution in [0.3, 0.4) is 0 Å². The number of anilines is 2. The van der Waals surface area contributed by atoms with Crippen molar-refractivity contribution >= 4 is 38.3 Å². The van der Waals surface area contributed by atoms with E-state index < -0.39 is 0 Å². The summed E-state index contributed by atoms with van der Waals surface area (Å²) in [6, 6.07) is 9.51. The van der Waals surface area contributed by atoms with Crippen molar-refractivity contribution in [2.75, 3.05) is 18.4 Å². The third-order valence-electron chi connectivity index (χ3n) is 4.38. The van der Waals surface area contributed by atoms with E-state index in [1.54, 1.807) is 18.5 Å². The maximum absolute atomic E-state index is 10.3. The fourth-order valence-corrected chi connectivity index (χ4v) is 3.51. The minimum Gasteiger partial charge on any atom is -0.508 e. The van der Waals surface area contributed by atoms with Gasteiger partial charge in [-0.05, 0) is 72.2 Å². The average Bonchev–Trinajstić information content (AvgIpc) is 2.65. The van der Waals surface area contributed by atoms with Gasteiger partial charge in [0.25, 0.3) is 0 Å². The molecule has 27 heavy (non-hydrogen) atoms. The SMILES string of the molecule is CCCN(CCC)Cc1cc(Nc2ccnc3cc(Br)cnc23)ccc1O. The zero-order chi connectivity index (χ0) is 19.2. The number of phenols is 1. The van der Waals surface area contributed by atoms with Crippen molar-refractivity contribution in [3.8, 4) is 5.75 Å². The summed E-state index contributed by atoms with van der Waals surface area (Å²) in [5, 5.41) is 13.7. The summed E-state index contributed by atoms with van der Waals surface area (Å²) in [6.07, 6.45) is 5.74. The maximum Gasteiger partial charge on any atom is 0.120 e. The molecule has 0 saturated carbocycles. The quantitative estimate of drug-likeness (QED) is 0.466. The molecule has 1 aromatic carbocycles. The fraction of sp³-hybridized carbons (Fsp3) is 0.333. The lowest BCUT2D eigenvalue weighted by atomic mass is 10.1. The minimum atomic E-state index is 0.333. The molecule has 6 heteroatoms.